The zero-order chi connectivity index (χ0) is 11.4. The van der Waals surface area contributed by atoms with Crippen molar-refractivity contribution >= 4 is 6.29 Å². The standard InChI is InChI=1S/C13H11NO2/c1-16-12-6-4-10(5-7-12)13-11(9-15)3-2-8-14-13/h2-9H,1H3. The molecule has 3 heteroatoms. The Morgan fingerprint density at radius 2 is 1.94 bits per heavy atom. The molecule has 1 heterocycles. The molecule has 0 atom stereocenters. The fourth-order valence-electron chi connectivity index (χ4n) is 1.50. The number of pyridine rings is 1. The molecule has 0 N–H and O–H groups in total. The maximum Gasteiger partial charge on any atom is 0.152 e. The minimum Gasteiger partial charge on any atom is -0.497 e. The molecule has 0 aliphatic rings. The van der Waals surface area contributed by atoms with Crippen LogP contribution in [0.5, 0.6) is 5.75 Å². The molecule has 0 saturated heterocycles. The molecule has 0 aliphatic heterocycles. The highest BCUT2D eigenvalue weighted by Gasteiger charge is 2.04. The third-order valence-electron chi connectivity index (χ3n) is 2.33. The predicted molar refractivity (Wildman–Crippen MR) is 61.6 cm³/mol. The zero-order valence-corrected chi connectivity index (χ0v) is 8.88. The highest BCUT2D eigenvalue weighted by atomic mass is 16.5. The van der Waals surface area contributed by atoms with E-state index in [-0.39, 0.29) is 0 Å². The summed E-state index contributed by atoms with van der Waals surface area (Å²) >= 11 is 0. The van der Waals surface area contributed by atoms with Gasteiger partial charge < -0.3 is 4.74 Å². The van der Waals surface area contributed by atoms with Crippen molar-refractivity contribution in [3.05, 3.63) is 48.2 Å². The van der Waals surface area contributed by atoms with Crippen LogP contribution in [0.25, 0.3) is 11.3 Å². The Bertz CT molecular complexity index is 492. The van der Waals surface area contributed by atoms with Crippen LogP contribution in [0.1, 0.15) is 10.4 Å². The monoisotopic (exact) mass is 213 g/mol. The van der Waals surface area contributed by atoms with Crippen LogP contribution < -0.4 is 4.74 Å². The topological polar surface area (TPSA) is 39.2 Å². The molecule has 0 bridgehead atoms. The van der Waals surface area contributed by atoms with E-state index in [9.17, 15) is 4.79 Å². The van der Waals surface area contributed by atoms with Crippen molar-refractivity contribution in [1.29, 1.82) is 0 Å². The Hall–Kier alpha value is -2.16. The van der Waals surface area contributed by atoms with Crippen LogP contribution in [-0.2, 0) is 0 Å². The number of methoxy groups -OCH3 is 1. The van der Waals surface area contributed by atoms with Crippen LogP contribution in [0, 0.1) is 0 Å². The molecular weight excluding hydrogens is 202 g/mol. The first-order valence-electron chi connectivity index (χ1n) is 4.90. The normalized spacial score (nSPS) is 9.81. The molecule has 0 unspecified atom stereocenters. The number of aldehydes is 1. The molecule has 3 nitrogen and oxygen atoms in total. The highest BCUT2D eigenvalue weighted by Crippen LogP contribution is 2.22. The van der Waals surface area contributed by atoms with E-state index in [1.54, 1.807) is 25.4 Å². The lowest BCUT2D eigenvalue weighted by molar-refractivity contribution is 0.112. The average molecular weight is 213 g/mol. The van der Waals surface area contributed by atoms with Gasteiger partial charge in [0.2, 0.25) is 0 Å². The van der Waals surface area contributed by atoms with Crippen molar-refractivity contribution in [3.8, 4) is 17.0 Å². The van der Waals surface area contributed by atoms with Gasteiger partial charge in [-0.05, 0) is 36.4 Å². The summed E-state index contributed by atoms with van der Waals surface area (Å²) < 4.78 is 5.07. The minimum absolute atomic E-state index is 0.590. The van der Waals surface area contributed by atoms with Gasteiger partial charge in [-0.1, -0.05) is 0 Å². The second-order valence-electron chi connectivity index (χ2n) is 3.29. The first-order valence-corrected chi connectivity index (χ1v) is 4.90. The Balaban J connectivity index is 2.46. The van der Waals surface area contributed by atoms with Gasteiger partial charge in [0.25, 0.3) is 0 Å². The molecule has 0 radical (unpaired) electrons. The van der Waals surface area contributed by atoms with Crippen molar-refractivity contribution in [1.82, 2.24) is 4.98 Å². The lowest BCUT2D eigenvalue weighted by atomic mass is 10.1. The summed E-state index contributed by atoms with van der Waals surface area (Å²) in [5, 5.41) is 0. The third kappa shape index (κ3) is 1.93. The molecule has 0 spiro atoms. The van der Waals surface area contributed by atoms with E-state index in [2.05, 4.69) is 4.98 Å². The maximum atomic E-state index is 10.9. The Morgan fingerprint density at radius 1 is 1.19 bits per heavy atom. The summed E-state index contributed by atoms with van der Waals surface area (Å²) in [5.41, 5.74) is 2.19. The molecule has 2 rings (SSSR count). The number of hydrogen-bond acceptors (Lipinski definition) is 3. The quantitative estimate of drug-likeness (QED) is 0.735. The van der Waals surface area contributed by atoms with Crippen molar-refractivity contribution in [2.24, 2.45) is 0 Å². The lowest BCUT2D eigenvalue weighted by Gasteiger charge is -2.04. The van der Waals surface area contributed by atoms with Crippen LogP contribution in [0.4, 0.5) is 0 Å². The van der Waals surface area contributed by atoms with Crippen LogP contribution in [0.2, 0.25) is 0 Å². The largest absolute Gasteiger partial charge is 0.497 e. The Labute approximate surface area is 93.7 Å². The van der Waals surface area contributed by atoms with Gasteiger partial charge in [-0.2, -0.15) is 0 Å². The molecule has 0 fully saturated rings. The van der Waals surface area contributed by atoms with Gasteiger partial charge in [0, 0.05) is 17.3 Å². The first-order chi connectivity index (χ1) is 7.85. The number of rotatable bonds is 3. The summed E-state index contributed by atoms with van der Waals surface area (Å²) in [5.74, 6) is 0.785. The number of carbonyl (C=O) groups excluding carboxylic acids is 1. The molecule has 16 heavy (non-hydrogen) atoms. The summed E-state index contributed by atoms with van der Waals surface area (Å²) in [6.45, 7) is 0. The molecule has 0 aliphatic carbocycles. The van der Waals surface area contributed by atoms with Gasteiger partial charge >= 0.3 is 0 Å². The second kappa shape index (κ2) is 4.57. The van der Waals surface area contributed by atoms with Crippen LogP contribution in [-0.4, -0.2) is 18.4 Å². The van der Waals surface area contributed by atoms with Crippen molar-refractivity contribution < 1.29 is 9.53 Å². The zero-order valence-electron chi connectivity index (χ0n) is 8.88. The third-order valence-corrected chi connectivity index (χ3v) is 2.33. The molecule has 0 saturated carbocycles. The Kier molecular flexibility index (Phi) is 2.96. The predicted octanol–water partition coefficient (Wildman–Crippen LogP) is 2.57. The first kappa shape index (κ1) is 10.4. The molecular formula is C13H11NO2. The smallest absolute Gasteiger partial charge is 0.152 e. The molecule has 1 aromatic heterocycles. The van der Waals surface area contributed by atoms with E-state index in [1.165, 1.54) is 0 Å². The van der Waals surface area contributed by atoms with Gasteiger partial charge in [0.05, 0.1) is 12.8 Å². The van der Waals surface area contributed by atoms with Gasteiger partial charge in [-0.3, -0.25) is 9.78 Å². The van der Waals surface area contributed by atoms with Crippen molar-refractivity contribution in [2.75, 3.05) is 7.11 Å². The van der Waals surface area contributed by atoms with E-state index >= 15 is 0 Å². The van der Waals surface area contributed by atoms with Crippen molar-refractivity contribution in [2.45, 2.75) is 0 Å². The number of ether oxygens (including phenoxy) is 1. The summed E-state index contributed by atoms with van der Waals surface area (Å²) in [6.07, 6.45) is 2.49. The molecule has 80 valence electrons. The number of aromatic nitrogens is 1. The fraction of sp³-hybridized carbons (Fsp3) is 0.0769. The average Bonchev–Trinajstić information content (AvgIpc) is 2.39. The number of carbonyl (C=O) groups is 1. The molecule has 2 aromatic rings. The van der Waals surface area contributed by atoms with Crippen molar-refractivity contribution in [3.63, 3.8) is 0 Å². The van der Waals surface area contributed by atoms with E-state index in [0.29, 0.717) is 11.3 Å². The summed E-state index contributed by atoms with van der Waals surface area (Å²) in [6, 6.07) is 11.0. The van der Waals surface area contributed by atoms with E-state index in [4.69, 9.17) is 4.74 Å². The highest BCUT2D eigenvalue weighted by molar-refractivity contribution is 5.85. The van der Waals surface area contributed by atoms with Gasteiger partial charge in [-0.25, -0.2) is 0 Å². The molecule has 1 aromatic carbocycles. The fourth-order valence-corrected chi connectivity index (χ4v) is 1.50. The van der Waals surface area contributed by atoms with Gasteiger partial charge in [0.15, 0.2) is 6.29 Å². The van der Waals surface area contributed by atoms with Crippen LogP contribution in [0.15, 0.2) is 42.6 Å². The Morgan fingerprint density at radius 3 is 2.56 bits per heavy atom. The lowest BCUT2D eigenvalue weighted by Crippen LogP contribution is -1.91. The maximum absolute atomic E-state index is 10.9. The van der Waals surface area contributed by atoms with Gasteiger partial charge in [0.1, 0.15) is 5.75 Å². The number of hydrogen-bond donors (Lipinski definition) is 0. The van der Waals surface area contributed by atoms with Crippen LogP contribution >= 0.6 is 0 Å². The van der Waals surface area contributed by atoms with Crippen LogP contribution in [0.3, 0.4) is 0 Å². The summed E-state index contributed by atoms with van der Waals surface area (Å²) in [4.78, 5) is 15.1. The van der Waals surface area contributed by atoms with E-state index in [0.717, 1.165) is 17.6 Å². The SMILES string of the molecule is COc1ccc(-c2ncccc2C=O)cc1. The number of nitrogens with zero attached hydrogens (tertiary/aromatic N) is 1. The van der Waals surface area contributed by atoms with E-state index < -0.39 is 0 Å². The number of benzene rings is 1. The minimum atomic E-state index is 0.590. The second-order valence-corrected chi connectivity index (χ2v) is 3.29. The van der Waals surface area contributed by atoms with E-state index in [1.807, 2.05) is 24.3 Å². The summed E-state index contributed by atoms with van der Waals surface area (Å²) in [7, 11) is 1.62. The molecule has 0 amide bonds. The van der Waals surface area contributed by atoms with Gasteiger partial charge in [-0.15, -0.1) is 0 Å².